The quantitative estimate of drug-likeness (QED) is 0.430. The molecule has 0 aromatic heterocycles. The van der Waals surface area contributed by atoms with Crippen molar-refractivity contribution in [3.8, 4) is 0 Å². The molecule has 0 aromatic carbocycles. The summed E-state index contributed by atoms with van der Waals surface area (Å²) in [5.74, 6) is -0.177. The summed E-state index contributed by atoms with van der Waals surface area (Å²) in [7, 11) is 0. The molecule has 2 unspecified atom stereocenters. The van der Waals surface area contributed by atoms with E-state index in [1.54, 1.807) is 0 Å². The van der Waals surface area contributed by atoms with Crippen LogP contribution in [-0.4, -0.2) is 23.1 Å². The van der Waals surface area contributed by atoms with E-state index in [0.717, 1.165) is 64.2 Å². The largest absolute Gasteiger partial charge is 0.456 e. The van der Waals surface area contributed by atoms with Gasteiger partial charge >= 0.3 is 11.9 Å². The highest BCUT2D eigenvalue weighted by molar-refractivity contribution is 5.92. The average Bonchev–Trinajstić information content (AvgIpc) is 3.29. The fourth-order valence-electron chi connectivity index (χ4n) is 4.69. The van der Waals surface area contributed by atoms with Crippen LogP contribution in [0.15, 0.2) is 12.2 Å². The van der Waals surface area contributed by atoms with Gasteiger partial charge < -0.3 is 9.47 Å². The lowest BCUT2D eigenvalue weighted by molar-refractivity contribution is -0.161. The molecule has 0 saturated heterocycles. The Hall–Kier alpha value is -1.32. The van der Waals surface area contributed by atoms with Crippen molar-refractivity contribution in [3.05, 3.63) is 12.2 Å². The standard InChI is InChI=1S/C22H36O4/c1-5-17(3)21(13-7-8-14-21)25-19(23)11-12-20(24)26-22(18(4)6-2)15-9-10-16-22/h11-12,17-18H,5-10,13-16H2,1-4H3/b12-11+. The predicted octanol–water partition coefficient (Wildman–Crippen LogP) is 5.35. The molecule has 0 N–H and O–H groups in total. The van der Waals surface area contributed by atoms with E-state index in [0.29, 0.717) is 11.8 Å². The first-order chi connectivity index (χ1) is 12.4. The smallest absolute Gasteiger partial charge is 0.331 e. The molecule has 0 spiro atoms. The third kappa shape index (κ3) is 4.69. The maximum atomic E-state index is 12.3. The van der Waals surface area contributed by atoms with E-state index in [-0.39, 0.29) is 11.2 Å². The zero-order valence-electron chi connectivity index (χ0n) is 17.0. The third-order valence-corrected chi connectivity index (χ3v) is 6.88. The van der Waals surface area contributed by atoms with Gasteiger partial charge in [-0.3, -0.25) is 0 Å². The highest BCUT2D eigenvalue weighted by atomic mass is 16.6. The van der Waals surface area contributed by atoms with Crippen molar-refractivity contribution >= 4 is 11.9 Å². The first kappa shape index (κ1) is 21.0. The summed E-state index contributed by atoms with van der Waals surface area (Å²) in [6, 6.07) is 0. The minimum atomic E-state index is -0.423. The van der Waals surface area contributed by atoms with Crippen LogP contribution in [0.4, 0.5) is 0 Å². The Morgan fingerprint density at radius 2 is 1.08 bits per heavy atom. The zero-order valence-corrected chi connectivity index (χ0v) is 17.0. The van der Waals surface area contributed by atoms with Gasteiger partial charge in [0.15, 0.2) is 0 Å². The summed E-state index contributed by atoms with van der Waals surface area (Å²) >= 11 is 0. The second kappa shape index (κ2) is 9.05. The van der Waals surface area contributed by atoms with E-state index < -0.39 is 11.9 Å². The van der Waals surface area contributed by atoms with Crippen LogP contribution in [0.2, 0.25) is 0 Å². The maximum Gasteiger partial charge on any atom is 0.331 e. The summed E-state index contributed by atoms with van der Waals surface area (Å²) in [6.07, 6.45) is 12.5. The fraction of sp³-hybridized carbons (Fsp3) is 0.818. The minimum Gasteiger partial charge on any atom is -0.456 e. The number of ether oxygens (including phenoxy) is 2. The number of hydrogen-bond donors (Lipinski definition) is 0. The Labute approximate surface area is 158 Å². The number of hydrogen-bond acceptors (Lipinski definition) is 4. The van der Waals surface area contributed by atoms with E-state index in [1.807, 2.05) is 0 Å². The molecule has 2 fully saturated rings. The third-order valence-electron chi connectivity index (χ3n) is 6.88. The number of rotatable bonds is 8. The Morgan fingerprint density at radius 1 is 0.769 bits per heavy atom. The molecule has 0 aromatic rings. The fourth-order valence-corrected chi connectivity index (χ4v) is 4.69. The van der Waals surface area contributed by atoms with Gasteiger partial charge in [-0.05, 0) is 76.0 Å². The number of carbonyl (C=O) groups excluding carboxylic acids is 2. The van der Waals surface area contributed by atoms with Gasteiger partial charge in [0.1, 0.15) is 11.2 Å². The lowest BCUT2D eigenvalue weighted by Gasteiger charge is -2.34. The molecule has 0 bridgehead atoms. The van der Waals surface area contributed by atoms with Crippen LogP contribution < -0.4 is 0 Å². The molecule has 2 atom stereocenters. The summed E-state index contributed by atoms with van der Waals surface area (Å²) in [5.41, 5.74) is -0.715. The van der Waals surface area contributed by atoms with Crippen LogP contribution in [-0.2, 0) is 19.1 Å². The molecular formula is C22H36O4. The molecule has 0 aliphatic heterocycles. The first-order valence-electron chi connectivity index (χ1n) is 10.5. The molecule has 2 rings (SSSR count). The van der Waals surface area contributed by atoms with E-state index in [2.05, 4.69) is 27.7 Å². The monoisotopic (exact) mass is 364 g/mol. The van der Waals surface area contributed by atoms with E-state index in [1.165, 1.54) is 12.2 Å². The summed E-state index contributed by atoms with van der Waals surface area (Å²) in [6.45, 7) is 8.54. The van der Waals surface area contributed by atoms with Gasteiger partial charge in [0.05, 0.1) is 0 Å². The molecular weight excluding hydrogens is 328 g/mol. The lowest BCUT2D eigenvalue weighted by atomic mass is 9.85. The van der Waals surface area contributed by atoms with Gasteiger partial charge in [-0.15, -0.1) is 0 Å². The zero-order chi connectivity index (χ0) is 19.2. The van der Waals surface area contributed by atoms with Gasteiger partial charge in [0.2, 0.25) is 0 Å². The Morgan fingerprint density at radius 3 is 1.35 bits per heavy atom. The van der Waals surface area contributed by atoms with Gasteiger partial charge in [-0.25, -0.2) is 9.59 Å². The highest BCUT2D eigenvalue weighted by Crippen LogP contribution is 2.42. The topological polar surface area (TPSA) is 52.6 Å². The highest BCUT2D eigenvalue weighted by Gasteiger charge is 2.42. The van der Waals surface area contributed by atoms with Crippen molar-refractivity contribution < 1.29 is 19.1 Å². The summed E-state index contributed by atoms with van der Waals surface area (Å²) in [5, 5.41) is 0. The minimum absolute atomic E-state index is 0.335. The Bertz CT molecular complexity index is 464. The van der Waals surface area contributed by atoms with Crippen LogP contribution in [0.5, 0.6) is 0 Å². The molecule has 4 heteroatoms. The Kier molecular flexibility index (Phi) is 7.31. The van der Waals surface area contributed by atoms with Gasteiger partial charge in [0.25, 0.3) is 0 Å². The van der Waals surface area contributed by atoms with Crippen LogP contribution >= 0.6 is 0 Å². The SMILES string of the molecule is CCC(C)C1(OC(=O)/C=C/C(=O)OC2(C(C)CC)CCCC2)CCCC1. The summed E-state index contributed by atoms with van der Waals surface area (Å²) in [4.78, 5) is 24.6. The van der Waals surface area contributed by atoms with Crippen molar-refractivity contribution in [2.45, 2.75) is 103 Å². The van der Waals surface area contributed by atoms with Crippen molar-refractivity contribution in [2.24, 2.45) is 11.8 Å². The van der Waals surface area contributed by atoms with Gasteiger partial charge in [-0.1, -0.05) is 27.7 Å². The average molecular weight is 365 g/mol. The van der Waals surface area contributed by atoms with Crippen molar-refractivity contribution in [2.75, 3.05) is 0 Å². The van der Waals surface area contributed by atoms with Crippen LogP contribution in [0.25, 0.3) is 0 Å². The second-order valence-electron chi connectivity index (χ2n) is 8.34. The van der Waals surface area contributed by atoms with E-state index in [9.17, 15) is 9.59 Å². The molecule has 0 heterocycles. The van der Waals surface area contributed by atoms with Crippen LogP contribution in [0.1, 0.15) is 91.9 Å². The summed E-state index contributed by atoms with van der Waals surface area (Å²) < 4.78 is 11.7. The molecule has 2 aliphatic rings. The lowest BCUT2D eigenvalue weighted by Crippen LogP contribution is -2.39. The number of esters is 2. The predicted molar refractivity (Wildman–Crippen MR) is 103 cm³/mol. The molecule has 2 saturated carbocycles. The van der Waals surface area contributed by atoms with E-state index in [4.69, 9.17) is 9.47 Å². The van der Waals surface area contributed by atoms with Crippen LogP contribution in [0, 0.1) is 11.8 Å². The number of carbonyl (C=O) groups is 2. The van der Waals surface area contributed by atoms with Crippen LogP contribution in [0.3, 0.4) is 0 Å². The molecule has 2 aliphatic carbocycles. The maximum absolute atomic E-state index is 12.3. The van der Waals surface area contributed by atoms with Crippen molar-refractivity contribution in [1.82, 2.24) is 0 Å². The van der Waals surface area contributed by atoms with Crippen molar-refractivity contribution in [1.29, 1.82) is 0 Å². The van der Waals surface area contributed by atoms with E-state index >= 15 is 0 Å². The van der Waals surface area contributed by atoms with Gasteiger partial charge in [0, 0.05) is 12.2 Å². The molecule has 148 valence electrons. The second-order valence-corrected chi connectivity index (χ2v) is 8.34. The van der Waals surface area contributed by atoms with Gasteiger partial charge in [-0.2, -0.15) is 0 Å². The van der Waals surface area contributed by atoms with Crippen molar-refractivity contribution in [3.63, 3.8) is 0 Å². The molecule has 4 nitrogen and oxygen atoms in total. The molecule has 26 heavy (non-hydrogen) atoms. The first-order valence-corrected chi connectivity index (χ1v) is 10.5. The molecule has 0 radical (unpaired) electrons. The Balaban J connectivity index is 1.95. The normalized spacial score (nSPS) is 23.7. The molecule has 0 amide bonds.